The molecule has 3 rings (SSSR count). The maximum Gasteiger partial charge on any atom is 0.416 e. The molecule has 0 aromatic heterocycles. The second-order valence-electron chi connectivity index (χ2n) is 5.88. The van der Waals surface area contributed by atoms with Crippen molar-refractivity contribution in [3.63, 3.8) is 0 Å². The van der Waals surface area contributed by atoms with Crippen LogP contribution < -0.4 is 5.32 Å². The van der Waals surface area contributed by atoms with Gasteiger partial charge in [0.1, 0.15) is 0 Å². The normalized spacial score (nSPS) is 11.2. The zero-order valence-electron chi connectivity index (χ0n) is 14.0. The smallest absolute Gasteiger partial charge is 0.355 e. The number of halogens is 3. The van der Waals surface area contributed by atoms with Crippen LogP contribution >= 0.6 is 0 Å². The van der Waals surface area contributed by atoms with Gasteiger partial charge < -0.3 is 5.32 Å². The highest BCUT2D eigenvalue weighted by molar-refractivity contribution is 5.94. The van der Waals surface area contributed by atoms with Crippen molar-refractivity contribution in [3.8, 4) is 11.1 Å². The van der Waals surface area contributed by atoms with Gasteiger partial charge in [-0.15, -0.1) is 0 Å². The zero-order valence-corrected chi connectivity index (χ0v) is 14.0. The molecule has 132 valence electrons. The fourth-order valence-electron chi connectivity index (χ4n) is 2.63. The number of alkyl halides is 3. The molecule has 0 aliphatic heterocycles. The number of para-hydroxylation sites is 1. The van der Waals surface area contributed by atoms with E-state index in [-0.39, 0.29) is 5.78 Å². The molecule has 0 bridgehead atoms. The summed E-state index contributed by atoms with van der Waals surface area (Å²) >= 11 is 0. The first-order valence-corrected chi connectivity index (χ1v) is 7.99. The maximum absolute atomic E-state index is 12.7. The topological polar surface area (TPSA) is 29.1 Å². The van der Waals surface area contributed by atoms with Crippen LogP contribution in [0, 0.1) is 0 Å². The predicted octanol–water partition coefficient (Wildman–Crippen LogP) is 6.32. The monoisotopic (exact) mass is 355 g/mol. The van der Waals surface area contributed by atoms with E-state index in [9.17, 15) is 18.0 Å². The van der Waals surface area contributed by atoms with E-state index in [1.54, 1.807) is 12.1 Å². The number of carbonyl (C=O) groups excluding carboxylic acids is 1. The van der Waals surface area contributed by atoms with E-state index in [0.29, 0.717) is 11.3 Å². The average molecular weight is 355 g/mol. The van der Waals surface area contributed by atoms with Crippen LogP contribution in [0.2, 0.25) is 0 Å². The number of nitrogens with one attached hydrogen (secondary N) is 1. The molecule has 0 fully saturated rings. The molecule has 0 aliphatic carbocycles. The third-order valence-corrected chi connectivity index (χ3v) is 4.02. The van der Waals surface area contributed by atoms with E-state index in [2.05, 4.69) is 5.32 Å². The number of ketones is 1. The molecule has 0 amide bonds. The molecule has 0 saturated heterocycles. The van der Waals surface area contributed by atoms with Crippen LogP contribution in [-0.2, 0) is 6.18 Å². The van der Waals surface area contributed by atoms with Gasteiger partial charge in [-0.3, -0.25) is 4.79 Å². The molecule has 0 heterocycles. The van der Waals surface area contributed by atoms with Gasteiger partial charge in [0.15, 0.2) is 5.78 Å². The van der Waals surface area contributed by atoms with Crippen LogP contribution in [0.4, 0.5) is 24.5 Å². The van der Waals surface area contributed by atoms with Crippen molar-refractivity contribution in [1.29, 1.82) is 0 Å². The minimum absolute atomic E-state index is 0.00675. The molecule has 0 radical (unpaired) electrons. The number of carbonyl (C=O) groups is 1. The van der Waals surface area contributed by atoms with E-state index >= 15 is 0 Å². The molecule has 0 spiro atoms. The first-order chi connectivity index (χ1) is 12.3. The predicted molar refractivity (Wildman–Crippen MR) is 96.6 cm³/mol. The summed E-state index contributed by atoms with van der Waals surface area (Å²) in [7, 11) is 0. The summed E-state index contributed by atoms with van der Waals surface area (Å²) in [6.07, 6.45) is -4.35. The molecule has 3 aromatic rings. The molecule has 2 nitrogen and oxygen atoms in total. The number of Topliss-reactive ketones (excluding diaryl/α,β-unsaturated/α-hetero) is 1. The van der Waals surface area contributed by atoms with Crippen molar-refractivity contribution in [2.75, 3.05) is 5.32 Å². The van der Waals surface area contributed by atoms with Gasteiger partial charge in [-0.25, -0.2) is 0 Å². The number of hydrogen-bond acceptors (Lipinski definition) is 2. The highest BCUT2D eigenvalue weighted by atomic mass is 19.4. The molecule has 0 atom stereocenters. The van der Waals surface area contributed by atoms with Crippen LogP contribution in [0.25, 0.3) is 11.1 Å². The molecular weight excluding hydrogens is 339 g/mol. The summed E-state index contributed by atoms with van der Waals surface area (Å²) in [4.78, 5) is 11.4. The number of benzene rings is 3. The van der Waals surface area contributed by atoms with E-state index < -0.39 is 11.7 Å². The van der Waals surface area contributed by atoms with Gasteiger partial charge in [-0.05, 0) is 42.8 Å². The van der Waals surface area contributed by atoms with Gasteiger partial charge in [-0.2, -0.15) is 13.2 Å². The fourth-order valence-corrected chi connectivity index (χ4v) is 2.63. The molecule has 0 aliphatic rings. The van der Waals surface area contributed by atoms with Crippen LogP contribution in [0.5, 0.6) is 0 Å². The standard InChI is InChI=1S/C21H16F3NO/c1-14(26)15-6-8-16(9-7-15)19-4-2-3-5-20(19)25-18-12-10-17(11-13-18)21(22,23)24/h2-13,25H,1H3. The first kappa shape index (κ1) is 17.7. The van der Waals surface area contributed by atoms with Gasteiger partial charge in [0, 0.05) is 22.5 Å². The average Bonchev–Trinajstić information content (AvgIpc) is 2.62. The Morgan fingerprint density at radius 3 is 2.04 bits per heavy atom. The van der Waals surface area contributed by atoms with Gasteiger partial charge in [0.05, 0.1) is 5.56 Å². The minimum atomic E-state index is -4.35. The summed E-state index contributed by atoms with van der Waals surface area (Å²) in [5.74, 6) is -0.00675. The van der Waals surface area contributed by atoms with Crippen LogP contribution in [0.1, 0.15) is 22.8 Å². The number of anilines is 2. The Hall–Kier alpha value is -3.08. The van der Waals surface area contributed by atoms with Crippen LogP contribution in [0.15, 0.2) is 72.8 Å². The largest absolute Gasteiger partial charge is 0.416 e. The quantitative estimate of drug-likeness (QED) is 0.555. The molecule has 0 saturated carbocycles. The van der Waals surface area contributed by atoms with Crippen molar-refractivity contribution in [1.82, 2.24) is 0 Å². The Morgan fingerprint density at radius 2 is 1.46 bits per heavy atom. The lowest BCUT2D eigenvalue weighted by Crippen LogP contribution is -2.04. The molecule has 3 aromatic carbocycles. The van der Waals surface area contributed by atoms with E-state index in [4.69, 9.17) is 0 Å². The maximum atomic E-state index is 12.7. The fraction of sp³-hybridized carbons (Fsp3) is 0.0952. The third kappa shape index (κ3) is 3.94. The highest BCUT2D eigenvalue weighted by Crippen LogP contribution is 2.33. The first-order valence-electron chi connectivity index (χ1n) is 7.99. The lowest BCUT2D eigenvalue weighted by molar-refractivity contribution is -0.137. The minimum Gasteiger partial charge on any atom is -0.355 e. The van der Waals surface area contributed by atoms with Gasteiger partial charge >= 0.3 is 6.18 Å². The molecule has 26 heavy (non-hydrogen) atoms. The van der Waals surface area contributed by atoms with Gasteiger partial charge in [0.25, 0.3) is 0 Å². The van der Waals surface area contributed by atoms with Crippen molar-refractivity contribution < 1.29 is 18.0 Å². The van der Waals surface area contributed by atoms with Crippen LogP contribution in [0.3, 0.4) is 0 Å². The summed E-state index contributed by atoms with van der Waals surface area (Å²) in [5, 5.41) is 3.15. The third-order valence-electron chi connectivity index (χ3n) is 4.02. The van der Waals surface area contributed by atoms with E-state index in [1.165, 1.54) is 19.1 Å². The summed E-state index contributed by atoms with van der Waals surface area (Å²) < 4.78 is 38.0. The Bertz CT molecular complexity index is 913. The van der Waals surface area contributed by atoms with Gasteiger partial charge in [0.2, 0.25) is 0 Å². The summed E-state index contributed by atoms with van der Waals surface area (Å²) in [6, 6.07) is 19.6. The molecule has 5 heteroatoms. The Balaban J connectivity index is 1.89. The van der Waals surface area contributed by atoms with Crippen molar-refractivity contribution in [2.24, 2.45) is 0 Å². The zero-order chi connectivity index (χ0) is 18.7. The number of hydrogen-bond donors (Lipinski definition) is 1. The van der Waals surface area contributed by atoms with Crippen molar-refractivity contribution in [3.05, 3.63) is 83.9 Å². The lowest BCUT2D eigenvalue weighted by Gasteiger charge is -2.13. The van der Waals surface area contributed by atoms with Crippen LogP contribution in [-0.4, -0.2) is 5.78 Å². The Labute approximate surface area is 149 Å². The van der Waals surface area contributed by atoms with Crippen molar-refractivity contribution in [2.45, 2.75) is 13.1 Å². The number of rotatable bonds is 4. The van der Waals surface area contributed by atoms with Crippen molar-refractivity contribution >= 4 is 17.2 Å². The molecule has 0 unspecified atom stereocenters. The second-order valence-corrected chi connectivity index (χ2v) is 5.88. The van der Waals surface area contributed by atoms with E-state index in [0.717, 1.165) is 28.9 Å². The Morgan fingerprint density at radius 1 is 0.846 bits per heavy atom. The highest BCUT2D eigenvalue weighted by Gasteiger charge is 2.29. The SMILES string of the molecule is CC(=O)c1ccc(-c2ccccc2Nc2ccc(C(F)(F)F)cc2)cc1. The molecular formula is C21H16F3NO. The van der Waals surface area contributed by atoms with E-state index in [1.807, 2.05) is 36.4 Å². The lowest BCUT2D eigenvalue weighted by atomic mass is 10.0. The second kappa shape index (κ2) is 7.04. The Kier molecular flexibility index (Phi) is 4.80. The molecule has 1 N–H and O–H groups in total. The summed E-state index contributed by atoms with van der Waals surface area (Å²) in [6.45, 7) is 1.51. The summed E-state index contributed by atoms with van der Waals surface area (Å²) in [5.41, 5.74) is 3.07. The van der Waals surface area contributed by atoms with Gasteiger partial charge in [-0.1, -0.05) is 42.5 Å².